The molecule has 4 N–H and O–H groups in total. The molecule has 0 spiro atoms. The highest BCUT2D eigenvalue weighted by Gasteiger charge is 2.26. The minimum Gasteiger partial charge on any atom is -0.257 e. The summed E-state index contributed by atoms with van der Waals surface area (Å²) < 4.78 is 25.0. The SMILES string of the molecule is CC(C)c1cc(C(C)C)c(S(=O)(=O)NNN)c(C(C)C)c1. The second-order valence-corrected chi connectivity index (χ2v) is 7.86. The molecule has 1 aromatic carbocycles. The van der Waals surface area contributed by atoms with Crippen LogP contribution in [0.3, 0.4) is 0 Å². The number of nitrogens with two attached hydrogens (primary N) is 1. The summed E-state index contributed by atoms with van der Waals surface area (Å²) in [5.74, 6) is 5.69. The van der Waals surface area contributed by atoms with Gasteiger partial charge >= 0.3 is 0 Å². The fourth-order valence-electron chi connectivity index (χ4n) is 2.33. The topological polar surface area (TPSA) is 84.2 Å². The zero-order valence-corrected chi connectivity index (χ0v) is 14.5. The third-order valence-corrected chi connectivity index (χ3v) is 4.94. The Labute approximate surface area is 128 Å². The highest BCUT2D eigenvalue weighted by Crippen LogP contribution is 2.34. The van der Waals surface area contributed by atoms with Crippen LogP contribution in [0.2, 0.25) is 0 Å². The first-order valence-electron chi connectivity index (χ1n) is 7.27. The highest BCUT2D eigenvalue weighted by molar-refractivity contribution is 7.89. The average Bonchev–Trinajstić information content (AvgIpc) is 2.36. The van der Waals surface area contributed by atoms with Crippen molar-refractivity contribution in [3.8, 4) is 0 Å². The Kier molecular flexibility index (Phi) is 5.92. The molecule has 0 fully saturated rings. The van der Waals surface area contributed by atoms with Gasteiger partial charge in [0.15, 0.2) is 0 Å². The van der Waals surface area contributed by atoms with Crippen LogP contribution in [0.25, 0.3) is 0 Å². The number of nitrogens with one attached hydrogen (secondary N) is 2. The summed E-state index contributed by atoms with van der Waals surface area (Å²) in [6.07, 6.45) is 0. The molecule has 0 bridgehead atoms. The summed E-state index contributed by atoms with van der Waals surface area (Å²) in [6, 6.07) is 3.98. The van der Waals surface area contributed by atoms with Gasteiger partial charge in [-0.15, -0.1) is 4.83 Å². The van der Waals surface area contributed by atoms with Gasteiger partial charge in [-0.05, 0) is 34.4 Å². The molecule has 0 aromatic heterocycles. The van der Waals surface area contributed by atoms with Crippen molar-refractivity contribution in [3.05, 3.63) is 28.8 Å². The van der Waals surface area contributed by atoms with Gasteiger partial charge in [-0.3, -0.25) is 5.84 Å². The molecule has 0 radical (unpaired) electrons. The van der Waals surface area contributed by atoms with Crippen LogP contribution >= 0.6 is 0 Å². The van der Waals surface area contributed by atoms with Crippen molar-refractivity contribution < 1.29 is 8.42 Å². The van der Waals surface area contributed by atoms with Crippen LogP contribution in [0.1, 0.15) is 76.0 Å². The van der Waals surface area contributed by atoms with Crippen LogP contribution in [-0.2, 0) is 10.0 Å². The molecule has 0 aliphatic carbocycles. The van der Waals surface area contributed by atoms with Crippen molar-refractivity contribution in [1.82, 2.24) is 10.4 Å². The third kappa shape index (κ3) is 4.03. The molecule has 0 aliphatic rings. The Morgan fingerprint density at radius 3 is 1.62 bits per heavy atom. The van der Waals surface area contributed by atoms with E-state index in [9.17, 15) is 8.42 Å². The van der Waals surface area contributed by atoms with Crippen molar-refractivity contribution in [2.24, 2.45) is 5.84 Å². The average molecular weight is 313 g/mol. The molecule has 21 heavy (non-hydrogen) atoms. The summed E-state index contributed by atoms with van der Waals surface area (Å²) in [7, 11) is -3.69. The van der Waals surface area contributed by atoms with Crippen LogP contribution in [0.5, 0.6) is 0 Å². The Bertz CT molecular complexity index is 564. The van der Waals surface area contributed by atoms with Crippen LogP contribution in [0.4, 0.5) is 0 Å². The van der Waals surface area contributed by atoms with Crippen molar-refractivity contribution >= 4 is 10.0 Å². The maximum absolute atomic E-state index is 12.5. The van der Waals surface area contributed by atoms with Crippen LogP contribution in [0.15, 0.2) is 17.0 Å². The fraction of sp³-hybridized carbons (Fsp3) is 0.600. The minimum atomic E-state index is -3.69. The third-order valence-electron chi connectivity index (χ3n) is 3.54. The van der Waals surface area contributed by atoms with Crippen LogP contribution in [-0.4, -0.2) is 8.42 Å². The standard InChI is InChI=1S/C15H27N3O2S/c1-9(2)12-7-13(10(3)4)15(14(8-12)11(5)6)21(19,20)18-17-16/h7-11,17-18H,16H2,1-6H3. The van der Waals surface area contributed by atoms with Gasteiger partial charge in [-0.1, -0.05) is 53.7 Å². The Hall–Kier alpha value is -0.950. The molecule has 0 atom stereocenters. The first-order valence-corrected chi connectivity index (χ1v) is 8.75. The predicted octanol–water partition coefficient (Wildman–Crippen LogP) is 2.71. The van der Waals surface area contributed by atoms with E-state index in [0.29, 0.717) is 10.8 Å². The molecule has 6 heteroatoms. The maximum atomic E-state index is 12.5. The predicted molar refractivity (Wildman–Crippen MR) is 86.4 cm³/mol. The Balaban J connectivity index is 3.74. The zero-order valence-electron chi connectivity index (χ0n) is 13.7. The van der Waals surface area contributed by atoms with Crippen molar-refractivity contribution in [3.63, 3.8) is 0 Å². The molecular weight excluding hydrogens is 286 g/mol. The second kappa shape index (κ2) is 6.87. The zero-order chi connectivity index (χ0) is 16.4. The van der Waals surface area contributed by atoms with Crippen LogP contribution < -0.4 is 16.2 Å². The molecule has 1 rings (SSSR count). The summed E-state index contributed by atoms with van der Waals surface area (Å²) in [4.78, 5) is 2.52. The van der Waals surface area contributed by atoms with E-state index in [-0.39, 0.29) is 11.8 Å². The smallest absolute Gasteiger partial charge is 0.254 e. The summed E-state index contributed by atoms with van der Waals surface area (Å²) in [6.45, 7) is 12.2. The van der Waals surface area contributed by atoms with E-state index in [1.54, 1.807) is 0 Å². The minimum absolute atomic E-state index is 0.102. The van der Waals surface area contributed by atoms with Gasteiger partial charge in [0.2, 0.25) is 0 Å². The number of rotatable bonds is 6. The summed E-state index contributed by atoms with van der Waals surface area (Å²) >= 11 is 0. The Morgan fingerprint density at radius 2 is 1.33 bits per heavy atom. The van der Waals surface area contributed by atoms with E-state index < -0.39 is 10.0 Å². The maximum Gasteiger partial charge on any atom is 0.254 e. The lowest BCUT2D eigenvalue weighted by Crippen LogP contribution is -2.42. The quantitative estimate of drug-likeness (QED) is 0.557. The van der Waals surface area contributed by atoms with Crippen molar-refractivity contribution in [1.29, 1.82) is 0 Å². The van der Waals surface area contributed by atoms with E-state index in [2.05, 4.69) is 18.7 Å². The lowest BCUT2D eigenvalue weighted by atomic mass is 9.89. The molecule has 120 valence electrons. The molecule has 0 saturated heterocycles. The number of hydrogen-bond acceptors (Lipinski definition) is 4. The van der Waals surface area contributed by atoms with Gasteiger partial charge in [-0.25, -0.2) is 8.42 Å². The normalized spacial score (nSPS) is 12.7. The van der Waals surface area contributed by atoms with Gasteiger partial charge in [0.1, 0.15) is 0 Å². The van der Waals surface area contributed by atoms with Gasteiger partial charge in [0, 0.05) is 0 Å². The van der Waals surface area contributed by atoms with E-state index in [0.717, 1.165) is 16.7 Å². The Morgan fingerprint density at radius 1 is 0.905 bits per heavy atom. The largest absolute Gasteiger partial charge is 0.257 e. The lowest BCUT2D eigenvalue weighted by molar-refractivity contribution is 0.557. The first-order chi connectivity index (χ1) is 9.61. The van der Waals surface area contributed by atoms with E-state index >= 15 is 0 Å². The molecule has 0 heterocycles. The van der Waals surface area contributed by atoms with Gasteiger partial charge in [0.05, 0.1) is 4.90 Å². The van der Waals surface area contributed by atoms with Gasteiger partial charge in [0.25, 0.3) is 10.0 Å². The summed E-state index contributed by atoms with van der Waals surface area (Å²) in [5, 5.41) is 0. The van der Waals surface area contributed by atoms with Crippen molar-refractivity contribution in [2.75, 3.05) is 0 Å². The number of hydrazine groups is 2. The number of benzene rings is 1. The molecule has 0 unspecified atom stereocenters. The molecular formula is C15H27N3O2S. The molecule has 0 amide bonds. The highest BCUT2D eigenvalue weighted by atomic mass is 32.2. The number of sulfonamides is 1. The fourth-order valence-corrected chi connectivity index (χ4v) is 3.80. The monoisotopic (exact) mass is 313 g/mol. The molecule has 1 aromatic rings. The van der Waals surface area contributed by atoms with Crippen LogP contribution in [0, 0.1) is 0 Å². The van der Waals surface area contributed by atoms with Crippen molar-refractivity contribution in [2.45, 2.75) is 64.2 Å². The van der Waals surface area contributed by atoms with E-state index in [1.165, 1.54) is 0 Å². The lowest BCUT2D eigenvalue weighted by Gasteiger charge is -2.22. The molecule has 5 nitrogen and oxygen atoms in total. The molecule has 0 aliphatic heterocycles. The van der Waals surface area contributed by atoms with E-state index in [4.69, 9.17) is 5.84 Å². The van der Waals surface area contributed by atoms with Gasteiger partial charge in [-0.2, -0.15) is 5.53 Å². The van der Waals surface area contributed by atoms with Gasteiger partial charge < -0.3 is 0 Å². The molecule has 0 saturated carbocycles. The van der Waals surface area contributed by atoms with E-state index in [1.807, 2.05) is 45.4 Å². The number of hydrogen-bond donors (Lipinski definition) is 3. The summed E-state index contributed by atoms with van der Waals surface area (Å²) in [5.41, 5.74) is 4.85. The second-order valence-electron chi connectivity index (χ2n) is 6.24. The first kappa shape index (κ1) is 18.1.